The topological polar surface area (TPSA) is 83.5 Å². The van der Waals surface area contributed by atoms with Gasteiger partial charge in [0.25, 0.3) is 0 Å². The third-order valence-corrected chi connectivity index (χ3v) is 4.66. The van der Waals surface area contributed by atoms with E-state index in [0.29, 0.717) is 12.1 Å². The number of hydrogen-bond donors (Lipinski definition) is 2. The molecule has 1 atom stereocenters. The van der Waals surface area contributed by atoms with Gasteiger partial charge in [0.1, 0.15) is 6.04 Å². The minimum atomic E-state index is -3.24. The van der Waals surface area contributed by atoms with Crippen LogP contribution in [0, 0.1) is 0 Å². The Bertz CT molecular complexity index is 563. The van der Waals surface area contributed by atoms with Crippen LogP contribution in [0.3, 0.4) is 0 Å². The maximum Gasteiger partial charge on any atom is 0.326 e. The summed E-state index contributed by atoms with van der Waals surface area (Å²) in [4.78, 5) is 11.2. The fourth-order valence-electron chi connectivity index (χ4n) is 1.73. The van der Waals surface area contributed by atoms with Crippen molar-refractivity contribution in [2.75, 3.05) is 11.1 Å². The molecule has 110 valence electrons. The number of hydrogen-bond acceptors (Lipinski definition) is 4. The van der Waals surface area contributed by atoms with Gasteiger partial charge in [-0.3, -0.25) is 0 Å². The number of aliphatic carboxylic acids is 1. The Hall–Kier alpha value is -1.82. The molecule has 0 spiro atoms. The summed E-state index contributed by atoms with van der Waals surface area (Å²) >= 11 is 0. The highest BCUT2D eigenvalue weighted by atomic mass is 32.2. The van der Waals surface area contributed by atoms with Crippen molar-refractivity contribution in [3.63, 3.8) is 0 Å². The van der Waals surface area contributed by atoms with Gasteiger partial charge in [-0.2, -0.15) is 0 Å². The Kier molecular flexibility index (Phi) is 5.76. The number of anilines is 1. The van der Waals surface area contributed by atoms with Gasteiger partial charge in [0.15, 0.2) is 9.84 Å². The van der Waals surface area contributed by atoms with Gasteiger partial charge in [-0.15, -0.1) is 6.58 Å². The van der Waals surface area contributed by atoms with Crippen molar-refractivity contribution < 1.29 is 18.3 Å². The van der Waals surface area contributed by atoms with Crippen LogP contribution in [0.25, 0.3) is 0 Å². The van der Waals surface area contributed by atoms with E-state index in [2.05, 4.69) is 11.9 Å². The molecule has 0 aromatic heterocycles. The highest BCUT2D eigenvalue weighted by Gasteiger charge is 2.16. The molecule has 1 unspecified atom stereocenters. The van der Waals surface area contributed by atoms with Crippen molar-refractivity contribution in [3.8, 4) is 0 Å². The van der Waals surface area contributed by atoms with Crippen LogP contribution in [0.4, 0.5) is 5.69 Å². The number of sulfone groups is 1. The first-order valence-electron chi connectivity index (χ1n) is 6.33. The number of carbonyl (C=O) groups is 1. The van der Waals surface area contributed by atoms with Gasteiger partial charge in [-0.05, 0) is 37.1 Å². The van der Waals surface area contributed by atoms with Crippen LogP contribution < -0.4 is 5.32 Å². The van der Waals surface area contributed by atoms with Crippen LogP contribution in [0.5, 0.6) is 0 Å². The molecule has 0 aliphatic carbocycles. The van der Waals surface area contributed by atoms with Crippen molar-refractivity contribution in [2.45, 2.75) is 30.7 Å². The molecule has 0 radical (unpaired) electrons. The highest BCUT2D eigenvalue weighted by Crippen LogP contribution is 2.17. The van der Waals surface area contributed by atoms with E-state index < -0.39 is 21.8 Å². The molecule has 1 aromatic carbocycles. The predicted octanol–water partition coefficient (Wildman–Crippen LogP) is 2.31. The first kappa shape index (κ1) is 16.2. The van der Waals surface area contributed by atoms with E-state index in [9.17, 15) is 13.2 Å². The molecule has 20 heavy (non-hydrogen) atoms. The van der Waals surface area contributed by atoms with Crippen LogP contribution in [0.2, 0.25) is 0 Å². The zero-order chi connectivity index (χ0) is 15.2. The molecule has 0 aliphatic rings. The van der Waals surface area contributed by atoms with Gasteiger partial charge < -0.3 is 10.4 Å². The Morgan fingerprint density at radius 3 is 2.45 bits per heavy atom. The molecular formula is C14H19NO4S. The molecule has 0 heterocycles. The number of carboxylic acids is 1. The van der Waals surface area contributed by atoms with Gasteiger partial charge in [0.05, 0.1) is 10.6 Å². The van der Waals surface area contributed by atoms with E-state index in [1.54, 1.807) is 19.1 Å². The molecule has 5 nitrogen and oxygen atoms in total. The molecule has 1 aromatic rings. The fraction of sp³-hybridized carbons (Fsp3) is 0.357. The fourth-order valence-corrected chi connectivity index (χ4v) is 3.06. The first-order valence-corrected chi connectivity index (χ1v) is 7.99. The smallest absolute Gasteiger partial charge is 0.326 e. The second-order valence-electron chi connectivity index (χ2n) is 4.40. The zero-order valence-corrected chi connectivity index (χ0v) is 12.2. The normalized spacial score (nSPS) is 12.7. The Balaban J connectivity index is 2.86. The SMILES string of the molecule is C=CCC(Nc1ccc(S(=O)(=O)CCC)cc1)C(=O)O. The van der Waals surface area contributed by atoms with Crippen molar-refractivity contribution in [3.05, 3.63) is 36.9 Å². The molecule has 0 aliphatic heterocycles. The quantitative estimate of drug-likeness (QED) is 0.719. The summed E-state index contributed by atoms with van der Waals surface area (Å²) in [6.45, 7) is 5.31. The number of benzene rings is 1. The van der Waals surface area contributed by atoms with Crippen molar-refractivity contribution in [1.29, 1.82) is 0 Å². The van der Waals surface area contributed by atoms with E-state index in [-0.39, 0.29) is 17.1 Å². The molecule has 6 heteroatoms. The van der Waals surface area contributed by atoms with Crippen LogP contribution in [0.1, 0.15) is 19.8 Å². The number of carboxylic acid groups (broad SMARTS) is 1. The van der Waals surface area contributed by atoms with E-state index in [1.165, 1.54) is 18.2 Å². The summed E-state index contributed by atoms with van der Waals surface area (Å²) in [5.41, 5.74) is 0.565. The maximum atomic E-state index is 11.8. The van der Waals surface area contributed by atoms with Crippen LogP contribution in [-0.2, 0) is 14.6 Å². The van der Waals surface area contributed by atoms with E-state index in [4.69, 9.17) is 5.11 Å². The predicted molar refractivity (Wildman–Crippen MR) is 78.6 cm³/mol. The molecule has 2 N–H and O–H groups in total. The van der Waals surface area contributed by atoms with Gasteiger partial charge in [-0.25, -0.2) is 13.2 Å². The summed E-state index contributed by atoms with van der Waals surface area (Å²) in [7, 11) is -3.24. The van der Waals surface area contributed by atoms with Gasteiger partial charge >= 0.3 is 5.97 Å². The minimum Gasteiger partial charge on any atom is -0.480 e. The third kappa shape index (κ3) is 4.38. The Labute approximate surface area is 119 Å². The molecule has 0 bridgehead atoms. The summed E-state index contributed by atoms with van der Waals surface area (Å²) in [6, 6.07) is 5.34. The van der Waals surface area contributed by atoms with Crippen LogP contribution >= 0.6 is 0 Å². The number of nitrogens with one attached hydrogen (secondary N) is 1. The second-order valence-corrected chi connectivity index (χ2v) is 6.51. The van der Waals surface area contributed by atoms with E-state index in [0.717, 1.165) is 0 Å². The van der Waals surface area contributed by atoms with E-state index in [1.807, 2.05) is 0 Å². The molecular weight excluding hydrogens is 278 g/mol. The average Bonchev–Trinajstić information content (AvgIpc) is 2.38. The number of rotatable bonds is 8. The summed E-state index contributed by atoms with van der Waals surface area (Å²) in [5.74, 6) is -0.874. The average molecular weight is 297 g/mol. The van der Waals surface area contributed by atoms with Crippen molar-refractivity contribution in [1.82, 2.24) is 0 Å². The van der Waals surface area contributed by atoms with Crippen LogP contribution in [-0.4, -0.2) is 31.3 Å². The lowest BCUT2D eigenvalue weighted by Crippen LogP contribution is -2.28. The summed E-state index contributed by atoms with van der Waals surface area (Å²) in [6.07, 6.45) is 2.36. The zero-order valence-electron chi connectivity index (χ0n) is 11.4. The summed E-state index contributed by atoms with van der Waals surface area (Å²) < 4.78 is 23.7. The van der Waals surface area contributed by atoms with E-state index >= 15 is 0 Å². The summed E-state index contributed by atoms with van der Waals surface area (Å²) in [5, 5.41) is 11.8. The molecule has 0 fully saturated rings. The maximum absolute atomic E-state index is 11.8. The molecule has 0 saturated carbocycles. The van der Waals surface area contributed by atoms with Gasteiger partial charge in [0, 0.05) is 5.69 Å². The minimum absolute atomic E-state index is 0.105. The van der Waals surface area contributed by atoms with Gasteiger partial charge in [-0.1, -0.05) is 13.0 Å². The highest BCUT2D eigenvalue weighted by molar-refractivity contribution is 7.91. The molecule has 1 rings (SSSR count). The molecule has 0 amide bonds. The Morgan fingerprint density at radius 2 is 2.00 bits per heavy atom. The lowest BCUT2D eigenvalue weighted by atomic mass is 10.2. The van der Waals surface area contributed by atoms with Crippen LogP contribution in [0.15, 0.2) is 41.8 Å². The van der Waals surface area contributed by atoms with Crippen molar-refractivity contribution >= 4 is 21.5 Å². The standard InChI is InChI=1S/C14H19NO4S/c1-3-5-13(14(16)17)15-11-6-8-12(9-7-11)20(18,19)10-4-2/h3,6-9,13,15H,1,4-5,10H2,2H3,(H,16,17). The van der Waals surface area contributed by atoms with Crippen molar-refractivity contribution in [2.24, 2.45) is 0 Å². The Morgan fingerprint density at radius 1 is 1.40 bits per heavy atom. The first-order chi connectivity index (χ1) is 9.40. The largest absolute Gasteiger partial charge is 0.480 e. The molecule has 0 saturated heterocycles. The second kappa shape index (κ2) is 7.09. The van der Waals surface area contributed by atoms with Gasteiger partial charge in [0.2, 0.25) is 0 Å². The monoisotopic (exact) mass is 297 g/mol. The lowest BCUT2D eigenvalue weighted by molar-refractivity contribution is -0.137. The third-order valence-electron chi connectivity index (χ3n) is 2.73. The lowest BCUT2D eigenvalue weighted by Gasteiger charge is -2.14.